The molecule has 4 nitrogen and oxygen atoms in total. The Morgan fingerprint density at radius 1 is 1.32 bits per heavy atom. The first-order valence-electron chi connectivity index (χ1n) is 6.42. The average Bonchev–Trinajstić information content (AvgIpc) is 2.39. The number of imide groups is 1. The van der Waals surface area contributed by atoms with Gasteiger partial charge in [0, 0.05) is 12.1 Å². The van der Waals surface area contributed by atoms with E-state index in [0.29, 0.717) is 24.1 Å². The molecule has 19 heavy (non-hydrogen) atoms. The van der Waals surface area contributed by atoms with Gasteiger partial charge in [0.15, 0.2) is 0 Å². The SMILES string of the molecule is CC.Cc1ccc(NC2CCC(=O)NC2=O)cc1F. The van der Waals surface area contributed by atoms with Crippen LogP contribution in [-0.4, -0.2) is 17.9 Å². The Labute approximate surface area is 112 Å². The number of aryl methyl sites for hydroxylation is 1. The second-order valence-electron chi connectivity index (χ2n) is 4.11. The molecular formula is C14H19FN2O2. The lowest BCUT2D eigenvalue weighted by molar-refractivity contribution is -0.133. The maximum absolute atomic E-state index is 13.3. The second-order valence-corrected chi connectivity index (χ2v) is 4.11. The number of benzene rings is 1. The smallest absolute Gasteiger partial charge is 0.249 e. The molecule has 1 aliphatic rings. The van der Waals surface area contributed by atoms with E-state index < -0.39 is 6.04 Å². The predicted octanol–water partition coefficient (Wildman–Crippen LogP) is 2.38. The summed E-state index contributed by atoms with van der Waals surface area (Å²) in [7, 11) is 0. The van der Waals surface area contributed by atoms with E-state index in [9.17, 15) is 14.0 Å². The van der Waals surface area contributed by atoms with Crippen molar-refractivity contribution in [1.82, 2.24) is 5.32 Å². The van der Waals surface area contributed by atoms with Crippen molar-refractivity contribution in [3.8, 4) is 0 Å². The third-order valence-electron chi connectivity index (χ3n) is 2.75. The maximum Gasteiger partial charge on any atom is 0.249 e. The van der Waals surface area contributed by atoms with Crippen molar-refractivity contribution in [1.29, 1.82) is 0 Å². The molecule has 2 N–H and O–H groups in total. The third-order valence-corrected chi connectivity index (χ3v) is 2.75. The summed E-state index contributed by atoms with van der Waals surface area (Å²) in [6.07, 6.45) is 0.734. The van der Waals surface area contributed by atoms with Gasteiger partial charge in [-0.1, -0.05) is 19.9 Å². The molecule has 2 amide bonds. The minimum Gasteiger partial charge on any atom is -0.374 e. The molecule has 1 atom stereocenters. The van der Waals surface area contributed by atoms with E-state index in [4.69, 9.17) is 0 Å². The van der Waals surface area contributed by atoms with Crippen molar-refractivity contribution in [2.24, 2.45) is 0 Å². The first-order chi connectivity index (χ1) is 9.06. The number of hydrogen-bond donors (Lipinski definition) is 2. The van der Waals surface area contributed by atoms with Gasteiger partial charge in [-0.05, 0) is 31.0 Å². The van der Waals surface area contributed by atoms with Crippen LogP contribution in [0.3, 0.4) is 0 Å². The lowest BCUT2D eigenvalue weighted by Gasteiger charge is -2.22. The standard InChI is InChI=1S/C12H13FN2O2.C2H6/c1-7-2-3-8(6-9(7)13)14-10-4-5-11(16)15-12(10)17;1-2/h2-3,6,10,14H,4-5H2,1H3,(H,15,16,17);1-2H3. The normalized spacial score (nSPS) is 18.2. The van der Waals surface area contributed by atoms with E-state index in [2.05, 4.69) is 10.6 Å². The molecular weight excluding hydrogens is 247 g/mol. The molecule has 0 bridgehead atoms. The zero-order chi connectivity index (χ0) is 14.4. The van der Waals surface area contributed by atoms with E-state index in [1.807, 2.05) is 13.8 Å². The average molecular weight is 266 g/mol. The van der Waals surface area contributed by atoms with E-state index in [1.54, 1.807) is 19.1 Å². The minimum atomic E-state index is -0.477. The van der Waals surface area contributed by atoms with Gasteiger partial charge in [-0.25, -0.2) is 4.39 Å². The molecule has 2 rings (SSSR count). The summed E-state index contributed by atoms with van der Waals surface area (Å²) in [5.74, 6) is -0.937. The van der Waals surface area contributed by atoms with Crippen LogP contribution in [0.4, 0.5) is 10.1 Å². The van der Waals surface area contributed by atoms with Crippen LogP contribution in [-0.2, 0) is 9.59 Å². The number of piperidine rings is 1. The molecule has 0 aromatic heterocycles. The van der Waals surface area contributed by atoms with Crippen LogP contribution < -0.4 is 10.6 Å². The zero-order valence-corrected chi connectivity index (χ0v) is 11.4. The lowest BCUT2D eigenvalue weighted by atomic mass is 10.1. The number of carbonyl (C=O) groups excluding carboxylic acids is 2. The molecule has 1 unspecified atom stereocenters. The van der Waals surface area contributed by atoms with Gasteiger partial charge in [-0.15, -0.1) is 0 Å². The van der Waals surface area contributed by atoms with Gasteiger partial charge in [0.05, 0.1) is 0 Å². The maximum atomic E-state index is 13.3. The third kappa shape index (κ3) is 4.05. The highest BCUT2D eigenvalue weighted by atomic mass is 19.1. The summed E-state index contributed by atoms with van der Waals surface area (Å²) < 4.78 is 13.3. The summed E-state index contributed by atoms with van der Waals surface area (Å²) in [5.41, 5.74) is 1.10. The molecule has 0 aliphatic carbocycles. The monoisotopic (exact) mass is 266 g/mol. The summed E-state index contributed by atoms with van der Waals surface area (Å²) in [4.78, 5) is 22.4. The summed E-state index contributed by atoms with van der Waals surface area (Å²) in [5, 5.41) is 5.16. The molecule has 1 saturated heterocycles. The largest absolute Gasteiger partial charge is 0.374 e. The molecule has 1 aliphatic heterocycles. The Morgan fingerprint density at radius 3 is 2.58 bits per heavy atom. The Bertz CT molecular complexity index is 475. The highest BCUT2D eigenvalue weighted by Crippen LogP contribution is 2.17. The predicted molar refractivity (Wildman–Crippen MR) is 72.3 cm³/mol. The van der Waals surface area contributed by atoms with E-state index in [0.717, 1.165) is 0 Å². The van der Waals surface area contributed by atoms with Crippen LogP contribution in [0.1, 0.15) is 32.3 Å². The van der Waals surface area contributed by atoms with Crippen LogP contribution in [0, 0.1) is 12.7 Å². The first kappa shape index (κ1) is 15.1. The Kier molecular flexibility index (Phi) is 5.48. The molecule has 1 fully saturated rings. The number of nitrogens with one attached hydrogen (secondary N) is 2. The van der Waals surface area contributed by atoms with Crippen LogP contribution in [0.25, 0.3) is 0 Å². The minimum absolute atomic E-state index is 0.261. The zero-order valence-electron chi connectivity index (χ0n) is 11.4. The number of amides is 2. The van der Waals surface area contributed by atoms with Gasteiger partial charge in [0.25, 0.3) is 0 Å². The van der Waals surface area contributed by atoms with Gasteiger partial charge in [-0.2, -0.15) is 0 Å². The fourth-order valence-corrected chi connectivity index (χ4v) is 1.72. The van der Waals surface area contributed by atoms with Gasteiger partial charge < -0.3 is 5.32 Å². The summed E-state index contributed by atoms with van der Waals surface area (Å²) >= 11 is 0. The van der Waals surface area contributed by atoms with Crippen molar-refractivity contribution in [3.05, 3.63) is 29.6 Å². The number of hydrogen-bond acceptors (Lipinski definition) is 3. The van der Waals surface area contributed by atoms with Crippen molar-refractivity contribution < 1.29 is 14.0 Å². The van der Waals surface area contributed by atoms with Gasteiger partial charge in [0.2, 0.25) is 11.8 Å². The number of carbonyl (C=O) groups is 2. The van der Waals surface area contributed by atoms with Crippen LogP contribution in [0.5, 0.6) is 0 Å². The van der Waals surface area contributed by atoms with E-state index in [-0.39, 0.29) is 17.6 Å². The topological polar surface area (TPSA) is 58.2 Å². The molecule has 0 spiro atoms. The van der Waals surface area contributed by atoms with Crippen LogP contribution in [0.15, 0.2) is 18.2 Å². The highest BCUT2D eigenvalue weighted by Gasteiger charge is 2.26. The van der Waals surface area contributed by atoms with Crippen molar-refractivity contribution in [3.63, 3.8) is 0 Å². The quantitative estimate of drug-likeness (QED) is 0.808. The number of halogens is 1. The molecule has 104 valence electrons. The molecule has 1 heterocycles. The second kappa shape index (κ2) is 6.87. The highest BCUT2D eigenvalue weighted by molar-refractivity contribution is 6.01. The first-order valence-corrected chi connectivity index (χ1v) is 6.42. The summed E-state index contributed by atoms with van der Waals surface area (Å²) in [6, 6.07) is 4.22. The molecule has 0 saturated carbocycles. The number of anilines is 1. The van der Waals surface area contributed by atoms with E-state index >= 15 is 0 Å². The van der Waals surface area contributed by atoms with Crippen molar-refractivity contribution in [2.45, 2.75) is 39.7 Å². The molecule has 5 heteroatoms. The van der Waals surface area contributed by atoms with Crippen molar-refractivity contribution in [2.75, 3.05) is 5.32 Å². The summed E-state index contributed by atoms with van der Waals surface area (Å²) in [6.45, 7) is 5.67. The van der Waals surface area contributed by atoms with Gasteiger partial charge in [0.1, 0.15) is 11.9 Å². The molecule has 1 aromatic rings. The van der Waals surface area contributed by atoms with Crippen LogP contribution >= 0.6 is 0 Å². The fraction of sp³-hybridized carbons (Fsp3) is 0.429. The van der Waals surface area contributed by atoms with Crippen molar-refractivity contribution >= 4 is 17.5 Å². The van der Waals surface area contributed by atoms with Gasteiger partial charge in [-0.3, -0.25) is 14.9 Å². The lowest BCUT2D eigenvalue weighted by Crippen LogP contribution is -2.47. The fourth-order valence-electron chi connectivity index (χ4n) is 1.72. The molecule has 1 aromatic carbocycles. The Morgan fingerprint density at radius 2 is 2.00 bits per heavy atom. The Balaban J connectivity index is 0.000000861. The molecule has 0 radical (unpaired) electrons. The Hall–Kier alpha value is -1.91. The van der Waals surface area contributed by atoms with E-state index in [1.165, 1.54) is 6.07 Å². The van der Waals surface area contributed by atoms with Gasteiger partial charge >= 0.3 is 0 Å². The van der Waals surface area contributed by atoms with Crippen LogP contribution in [0.2, 0.25) is 0 Å². The number of rotatable bonds is 2.